The Kier molecular flexibility index (Phi) is 3.99. The number of benzene rings is 1. The van der Waals surface area contributed by atoms with Crippen molar-refractivity contribution in [3.63, 3.8) is 0 Å². The lowest BCUT2D eigenvalue weighted by Crippen LogP contribution is -2.22. The highest BCUT2D eigenvalue weighted by Gasteiger charge is 2.22. The van der Waals surface area contributed by atoms with Crippen molar-refractivity contribution in [3.05, 3.63) is 52.0 Å². The van der Waals surface area contributed by atoms with E-state index in [4.69, 9.17) is 5.73 Å². The quantitative estimate of drug-likeness (QED) is 0.788. The lowest BCUT2D eigenvalue weighted by molar-refractivity contribution is -0.138. The maximum atomic E-state index is 13.1. The summed E-state index contributed by atoms with van der Waals surface area (Å²) in [6.45, 7) is 0. The minimum absolute atomic E-state index is 0.0900. The molecular formula is C13H11FN2O3S. The van der Waals surface area contributed by atoms with Crippen molar-refractivity contribution in [2.24, 2.45) is 5.73 Å². The maximum Gasteiger partial charge on any atom is 0.331 e. The summed E-state index contributed by atoms with van der Waals surface area (Å²) in [5.74, 6) is -2.55. The van der Waals surface area contributed by atoms with Gasteiger partial charge in [-0.25, -0.2) is 9.18 Å². The van der Waals surface area contributed by atoms with Gasteiger partial charge in [-0.1, -0.05) is 6.07 Å². The third kappa shape index (κ3) is 2.94. The van der Waals surface area contributed by atoms with E-state index in [2.05, 4.69) is 5.32 Å². The van der Waals surface area contributed by atoms with Gasteiger partial charge in [-0.2, -0.15) is 0 Å². The van der Waals surface area contributed by atoms with Gasteiger partial charge in [0.15, 0.2) is 6.04 Å². The molecule has 1 aromatic heterocycles. The first-order valence-electron chi connectivity index (χ1n) is 5.61. The molecule has 0 radical (unpaired) electrons. The second kappa shape index (κ2) is 5.70. The highest BCUT2D eigenvalue weighted by Crippen LogP contribution is 2.26. The van der Waals surface area contributed by atoms with E-state index in [0.29, 0.717) is 4.88 Å². The average molecular weight is 294 g/mol. The van der Waals surface area contributed by atoms with E-state index >= 15 is 0 Å². The number of nitrogens with one attached hydrogen (secondary N) is 1. The fraction of sp³-hybridized carbons (Fsp3) is 0.0769. The number of carbonyl (C=O) groups is 2. The van der Waals surface area contributed by atoms with Crippen molar-refractivity contribution >= 4 is 28.9 Å². The molecular weight excluding hydrogens is 283 g/mol. The number of thiophene rings is 1. The van der Waals surface area contributed by atoms with Crippen LogP contribution in [0.2, 0.25) is 0 Å². The first kappa shape index (κ1) is 14.0. The molecule has 1 amide bonds. The molecule has 1 heterocycles. The molecule has 20 heavy (non-hydrogen) atoms. The zero-order chi connectivity index (χ0) is 14.7. The summed E-state index contributed by atoms with van der Waals surface area (Å²) < 4.78 is 13.1. The third-order valence-corrected chi connectivity index (χ3v) is 3.56. The number of primary amides is 1. The largest absolute Gasteiger partial charge is 0.479 e. The monoisotopic (exact) mass is 294 g/mol. The number of nitrogens with two attached hydrogens (primary N) is 1. The smallest absolute Gasteiger partial charge is 0.331 e. The number of hydrogen-bond acceptors (Lipinski definition) is 4. The lowest BCUT2D eigenvalue weighted by atomic mass is 10.1. The molecule has 0 spiro atoms. The third-order valence-electron chi connectivity index (χ3n) is 2.62. The number of halogens is 1. The first-order valence-corrected chi connectivity index (χ1v) is 6.49. The summed E-state index contributed by atoms with van der Waals surface area (Å²) >= 11 is 1.26. The van der Waals surface area contributed by atoms with Gasteiger partial charge in [0.2, 0.25) is 0 Å². The molecule has 2 rings (SSSR count). The highest BCUT2D eigenvalue weighted by atomic mass is 32.1. The summed E-state index contributed by atoms with van der Waals surface area (Å²) in [5.41, 5.74) is 5.25. The number of anilines is 1. The molecule has 4 N–H and O–H groups in total. The summed E-state index contributed by atoms with van der Waals surface area (Å²) in [5, 5.41) is 13.7. The van der Waals surface area contributed by atoms with Crippen LogP contribution >= 0.6 is 11.3 Å². The molecule has 2 aromatic rings. The molecule has 1 atom stereocenters. The SMILES string of the molecule is NC(=O)c1cc(F)ccc1NC(C(=O)O)c1cccs1. The van der Waals surface area contributed by atoms with Gasteiger partial charge in [-0.3, -0.25) is 4.79 Å². The van der Waals surface area contributed by atoms with Gasteiger partial charge in [0.05, 0.1) is 5.56 Å². The van der Waals surface area contributed by atoms with Crippen LogP contribution in [-0.2, 0) is 4.79 Å². The molecule has 0 aliphatic heterocycles. The van der Waals surface area contributed by atoms with E-state index in [1.165, 1.54) is 17.4 Å². The first-order chi connectivity index (χ1) is 9.49. The van der Waals surface area contributed by atoms with Crippen molar-refractivity contribution in [1.82, 2.24) is 0 Å². The summed E-state index contributed by atoms with van der Waals surface area (Å²) in [4.78, 5) is 23.2. The van der Waals surface area contributed by atoms with Crippen molar-refractivity contribution in [1.29, 1.82) is 0 Å². The summed E-state index contributed by atoms with van der Waals surface area (Å²) in [7, 11) is 0. The molecule has 104 valence electrons. The molecule has 7 heteroatoms. The molecule has 1 unspecified atom stereocenters. The van der Waals surface area contributed by atoms with Gasteiger partial charge in [-0.15, -0.1) is 11.3 Å². The maximum absolute atomic E-state index is 13.1. The normalized spacial score (nSPS) is 11.8. The van der Waals surface area contributed by atoms with Crippen LogP contribution in [0.15, 0.2) is 35.7 Å². The number of amides is 1. The van der Waals surface area contributed by atoms with Gasteiger partial charge >= 0.3 is 5.97 Å². The van der Waals surface area contributed by atoms with Crippen LogP contribution in [0.1, 0.15) is 21.3 Å². The predicted molar refractivity (Wildman–Crippen MR) is 73.2 cm³/mol. The van der Waals surface area contributed by atoms with Gasteiger partial charge < -0.3 is 16.2 Å². The van der Waals surface area contributed by atoms with Gasteiger partial charge in [0, 0.05) is 10.6 Å². The standard InChI is InChI=1S/C13H11FN2O3S/c14-7-3-4-9(8(6-7)12(15)17)16-11(13(18)19)10-2-1-5-20-10/h1-6,11,16H,(H2,15,17)(H,18,19). The van der Waals surface area contributed by atoms with Gasteiger partial charge in [0.1, 0.15) is 5.82 Å². The number of carbonyl (C=O) groups excluding carboxylic acids is 1. The zero-order valence-electron chi connectivity index (χ0n) is 10.2. The minimum atomic E-state index is -1.10. The zero-order valence-corrected chi connectivity index (χ0v) is 11.0. The van der Waals surface area contributed by atoms with E-state index < -0.39 is 23.7 Å². The Balaban J connectivity index is 2.37. The molecule has 0 saturated heterocycles. The van der Waals surface area contributed by atoms with Gasteiger partial charge in [-0.05, 0) is 29.6 Å². The van der Waals surface area contributed by atoms with Crippen LogP contribution in [0.4, 0.5) is 10.1 Å². The fourth-order valence-corrected chi connectivity index (χ4v) is 2.48. The van der Waals surface area contributed by atoms with Crippen LogP contribution in [0, 0.1) is 5.82 Å². The van der Waals surface area contributed by atoms with E-state index in [-0.39, 0.29) is 11.3 Å². The Morgan fingerprint density at radius 2 is 2.10 bits per heavy atom. The molecule has 0 bridgehead atoms. The van der Waals surface area contributed by atoms with Crippen LogP contribution < -0.4 is 11.1 Å². The van der Waals surface area contributed by atoms with Crippen molar-refractivity contribution < 1.29 is 19.1 Å². The Morgan fingerprint density at radius 1 is 1.35 bits per heavy atom. The number of aliphatic carboxylic acids is 1. The Labute approximate surface area is 117 Å². The molecule has 0 aliphatic rings. The van der Waals surface area contributed by atoms with Crippen LogP contribution in [0.3, 0.4) is 0 Å². The summed E-state index contributed by atoms with van der Waals surface area (Å²) in [6.07, 6.45) is 0. The van der Waals surface area contributed by atoms with Crippen LogP contribution in [-0.4, -0.2) is 17.0 Å². The molecule has 1 aromatic carbocycles. The van der Waals surface area contributed by atoms with Crippen molar-refractivity contribution in [3.8, 4) is 0 Å². The van der Waals surface area contributed by atoms with E-state index in [1.54, 1.807) is 17.5 Å². The molecule has 0 fully saturated rings. The van der Waals surface area contributed by atoms with E-state index in [0.717, 1.165) is 12.1 Å². The Hall–Kier alpha value is -2.41. The van der Waals surface area contributed by atoms with E-state index in [9.17, 15) is 19.1 Å². The number of rotatable bonds is 5. The topological polar surface area (TPSA) is 92.4 Å². The Morgan fingerprint density at radius 3 is 2.65 bits per heavy atom. The lowest BCUT2D eigenvalue weighted by Gasteiger charge is -2.16. The Bertz CT molecular complexity index is 643. The van der Waals surface area contributed by atoms with Crippen molar-refractivity contribution in [2.45, 2.75) is 6.04 Å². The molecule has 0 aliphatic carbocycles. The predicted octanol–water partition coefficient (Wildman–Crippen LogP) is 2.22. The van der Waals surface area contributed by atoms with Gasteiger partial charge in [0.25, 0.3) is 5.91 Å². The van der Waals surface area contributed by atoms with Crippen LogP contribution in [0.5, 0.6) is 0 Å². The minimum Gasteiger partial charge on any atom is -0.479 e. The van der Waals surface area contributed by atoms with Crippen LogP contribution in [0.25, 0.3) is 0 Å². The fourth-order valence-electron chi connectivity index (χ4n) is 1.71. The van der Waals surface area contributed by atoms with Crippen molar-refractivity contribution in [2.75, 3.05) is 5.32 Å². The number of carboxylic acids is 1. The second-order valence-electron chi connectivity index (χ2n) is 3.99. The number of carboxylic acid groups (broad SMARTS) is 1. The van der Waals surface area contributed by atoms with E-state index in [1.807, 2.05) is 0 Å². The molecule has 0 saturated carbocycles. The molecule has 5 nitrogen and oxygen atoms in total. The number of hydrogen-bond donors (Lipinski definition) is 3. The average Bonchev–Trinajstić information content (AvgIpc) is 2.90. The highest BCUT2D eigenvalue weighted by molar-refractivity contribution is 7.10. The summed E-state index contributed by atoms with van der Waals surface area (Å²) in [6, 6.07) is 5.74. The second-order valence-corrected chi connectivity index (χ2v) is 4.96.